The molecule has 1 aromatic heterocycles. The number of aromatic nitrogens is 2. The molecule has 0 bridgehead atoms. The maximum absolute atomic E-state index is 13.4. The van der Waals surface area contributed by atoms with Crippen LogP contribution < -0.4 is 0 Å². The van der Waals surface area contributed by atoms with Gasteiger partial charge in [0.1, 0.15) is 5.82 Å². The minimum Gasteiger partial charge on any atom is -0.338 e. The van der Waals surface area contributed by atoms with Gasteiger partial charge in [-0.3, -0.25) is 9.69 Å². The smallest absolute Gasteiger partial charge is 0.230 e. The molecule has 27 heavy (non-hydrogen) atoms. The Balaban J connectivity index is 1.44. The first-order valence-electron chi connectivity index (χ1n) is 10.2. The van der Waals surface area contributed by atoms with Gasteiger partial charge in [0.2, 0.25) is 5.91 Å². The lowest BCUT2D eigenvalue weighted by Gasteiger charge is -2.39. The molecule has 2 aromatic rings. The number of amides is 1. The molecule has 0 saturated carbocycles. The molecule has 2 saturated heterocycles. The molecule has 4 rings (SSSR count). The second-order valence-corrected chi connectivity index (χ2v) is 8.19. The Hall–Kier alpha value is -2.14. The fourth-order valence-corrected chi connectivity index (χ4v) is 4.79. The highest BCUT2D eigenvalue weighted by Gasteiger charge is 2.48. The monoisotopic (exact) mass is 366 g/mol. The van der Waals surface area contributed by atoms with E-state index in [0.717, 1.165) is 64.4 Å². The third-order valence-corrected chi connectivity index (χ3v) is 6.22. The largest absolute Gasteiger partial charge is 0.338 e. The van der Waals surface area contributed by atoms with Gasteiger partial charge in [-0.2, -0.15) is 0 Å². The lowest BCUT2D eigenvalue weighted by atomic mass is 9.78. The number of carbonyl (C=O) groups excluding carboxylic acids is 1. The topological polar surface area (TPSA) is 41.4 Å². The van der Waals surface area contributed by atoms with Gasteiger partial charge in [0.05, 0.1) is 12.0 Å². The fourth-order valence-electron chi connectivity index (χ4n) is 4.79. The van der Waals surface area contributed by atoms with Crippen LogP contribution in [-0.2, 0) is 24.4 Å². The number of benzene rings is 1. The highest BCUT2D eigenvalue weighted by molar-refractivity contribution is 5.84. The molecule has 0 radical (unpaired) electrons. The van der Waals surface area contributed by atoms with E-state index in [4.69, 9.17) is 0 Å². The van der Waals surface area contributed by atoms with Crippen LogP contribution >= 0.6 is 0 Å². The van der Waals surface area contributed by atoms with Gasteiger partial charge in [0, 0.05) is 38.6 Å². The summed E-state index contributed by atoms with van der Waals surface area (Å²) in [6, 6.07) is 8.52. The Bertz CT molecular complexity index is 814. The Kier molecular flexibility index (Phi) is 5.04. The normalized spacial score (nSPS) is 23.5. The minimum atomic E-state index is -0.189. The maximum atomic E-state index is 13.4. The van der Waals surface area contributed by atoms with Crippen molar-refractivity contribution in [3.05, 3.63) is 53.6 Å². The van der Waals surface area contributed by atoms with E-state index in [1.165, 1.54) is 11.1 Å². The summed E-state index contributed by atoms with van der Waals surface area (Å²) in [5.41, 5.74) is 2.30. The van der Waals surface area contributed by atoms with Gasteiger partial charge >= 0.3 is 0 Å². The van der Waals surface area contributed by atoms with Gasteiger partial charge in [-0.05, 0) is 45.2 Å². The van der Waals surface area contributed by atoms with E-state index < -0.39 is 0 Å². The zero-order valence-corrected chi connectivity index (χ0v) is 16.5. The first-order chi connectivity index (χ1) is 13.1. The predicted octanol–water partition coefficient (Wildman–Crippen LogP) is 3.23. The number of carbonyl (C=O) groups is 1. The van der Waals surface area contributed by atoms with Gasteiger partial charge < -0.3 is 9.47 Å². The molecule has 0 aliphatic carbocycles. The molecule has 2 fully saturated rings. The van der Waals surface area contributed by atoms with Crippen molar-refractivity contribution >= 4 is 5.91 Å². The molecule has 5 heteroatoms. The SMILES string of the molecule is CCn1ccnc1CN1CCC2(CCCN(Cc3cccc(C)c3)C2=O)C1. The number of rotatable bonds is 5. The summed E-state index contributed by atoms with van der Waals surface area (Å²) in [7, 11) is 0. The summed E-state index contributed by atoms with van der Waals surface area (Å²) in [5.74, 6) is 1.46. The summed E-state index contributed by atoms with van der Waals surface area (Å²) in [5, 5.41) is 0. The Morgan fingerprint density at radius 3 is 2.89 bits per heavy atom. The van der Waals surface area contributed by atoms with Crippen LogP contribution in [0, 0.1) is 12.3 Å². The van der Waals surface area contributed by atoms with Gasteiger partial charge in [-0.1, -0.05) is 29.8 Å². The number of likely N-dealkylation sites (tertiary alicyclic amines) is 2. The molecule has 5 nitrogen and oxygen atoms in total. The van der Waals surface area contributed by atoms with E-state index in [0.29, 0.717) is 5.91 Å². The number of aryl methyl sites for hydroxylation is 2. The second-order valence-electron chi connectivity index (χ2n) is 8.19. The zero-order chi connectivity index (χ0) is 18.9. The molecule has 3 heterocycles. The number of nitrogens with zero attached hydrogens (tertiary/aromatic N) is 4. The summed E-state index contributed by atoms with van der Waals surface area (Å²) in [6.45, 7) is 9.51. The van der Waals surface area contributed by atoms with Crippen molar-refractivity contribution in [1.82, 2.24) is 19.4 Å². The first-order valence-corrected chi connectivity index (χ1v) is 10.2. The molecule has 0 N–H and O–H groups in total. The molecular weight excluding hydrogens is 336 g/mol. The number of hydrogen-bond donors (Lipinski definition) is 0. The van der Waals surface area contributed by atoms with E-state index in [2.05, 4.69) is 57.5 Å². The average Bonchev–Trinajstić information content (AvgIpc) is 3.27. The highest BCUT2D eigenvalue weighted by Crippen LogP contribution is 2.40. The van der Waals surface area contributed by atoms with Crippen LogP contribution in [0.15, 0.2) is 36.7 Å². The molecule has 144 valence electrons. The minimum absolute atomic E-state index is 0.189. The van der Waals surface area contributed by atoms with Crippen molar-refractivity contribution in [3.8, 4) is 0 Å². The van der Waals surface area contributed by atoms with Crippen molar-refractivity contribution in [3.63, 3.8) is 0 Å². The van der Waals surface area contributed by atoms with Crippen molar-refractivity contribution in [2.75, 3.05) is 19.6 Å². The fraction of sp³-hybridized carbons (Fsp3) is 0.545. The van der Waals surface area contributed by atoms with Crippen LogP contribution in [0.2, 0.25) is 0 Å². The standard InChI is InChI=1S/C22H30N4O/c1-3-25-13-10-23-20(25)16-24-12-9-22(17-24)8-5-11-26(21(22)27)15-19-7-4-6-18(2)14-19/h4,6-7,10,13-14H,3,5,8-9,11-12,15-17H2,1-2H3. The third-order valence-electron chi connectivity index (χ3n) is 6.22. The van der Waals surface area contributed by atoms with E-state index in [9.17, 15) is 4.79 Å². The predicted molar refractivity (Wildman–Crippen MR) is 106 cm³/mol. The summed E-state index contributed by atoms with van der Waals surface area (Å²) in [6.07, 6.45) is 7.02. The van der Waals surface area contributed by atoms with E-state index in [1.807, 2.05) is 12.4 Å². The summed E-state index contributed by atoms with van der Waals surface area (Å²) < 4.78 is 2.19. The Morgan fingerprint density at radius 2 is 2.07 bits per heavy atom. The lowest BCUT2D eigenvalue weighted by Crippen LogP contribution is -2.49. The van der Waals surface area contributed by atoms with Crippen LogP contribution in [0.1, 0.15) is 43.1 Å². The van der Waals surface area contributed by atoms with Crippen LogP contribution in [0.4, 0.5) is 0 Å². The van der Waals surface area contributed by atoms with Gasteiger partial charge in [-0.25, -0.2) is 4.98 Å². The summed E-state index contributed by atoms with van der Waals surface area (Å²) in [4.78, 5) is 22.4. The third kappa shape index (κ3) is 3.65. The van der Waals surface area contributed by atoms with E-state index in [-0.39, 0.29) is 5.41 Å². The Morgan fingerprint density at radius 1 is 1.19 bits per heavy atom. The molecule has 1 spiro atoms. The molecule has 1 atom stereocenters. The van der Waals surface area contributed by atoms with Crippen molar-refractivity contribution in [1.29, 1.82) is 0 Å². The first kappa shape index (κ1) is 18.2. The number of piperidine rings is 1. The van der Waals surface area contributed by atoms with Crippen molar-refractivity contribution in [2.24, 2.45) is 5.41 Å². The quantitative estimate of drug-likeness (QED) is 0.816. The van der Waals surface area contributed by atoms with Crippen molar-refractivity contribution in [2.45, 2.75) is 52.7 Å². The Labute approximate surface area is 162 Å². The highest BCUT2D eigenvalue weighted by atomic mass is 16.2. The van der Waals surface area contributed by atoms with Gasteiger partial charge in [0.15, 0.2) is 0 Å². The van der Waals surface area contributed by atoms with Crippen molar-refractivity contribution < 1.29 is 4.79 Å². The maximum Gasteiger partial charge on any atom is 0.230 e. The second kappa shape index (κ2) is 7.47. The molecule has 1 unspecified atom stereocenters. The van der Waals surface area contributed by atoms with Crippen LogP contribution in [0.25, 0.3) is 0 Å². The van der Waals surface area contributed by atoms with Crippen LogP contribution in [0.5, 0.6) is 0 Å². The molecule has 2 aliphatic rings. The lowest BCUT2D eigenvalue weighted by molar-refractivity contribution is -0.146. The zero-order valence-electron chi connectivity index (χ0n) is 16.5. The average molecular weight is 367 g/mol. The molecule has 1 amide bonds. The molecule has 1 aromatic carbocycles. The molecular formula is C22H30N4O. The van der Waals surface area contributed by atoms with E-state index >= 15 is 0 Å². The van der Waals surface area contributed by atoms with Gasteiger partial charge in [-0.15, -0.1) is 0 Å². The summed E-state index contributed by atoms with van der Waals surface area (Å²) >= 11 is 0. The molecule has 2 aliphatic heterocycles. The number of hydrogen-bond acceptors (Lipinski definition) is 3. The van der Waals surface area contributed by atoms with E-state index in [1.54, 1.807) is 0 Å². The van der Waals surface area contributed by atoms with Gasteiger partial charge in [0.25, 0.3) is 0 Å². The van der Waals surface area contributed by atoms with Crippen LogP contribution in [0.3, 0.4) is 0 Å². The van der Waals surface area contributed by atoms with Crippen LogP contribution in [-0.4, -0.2) is 44.9 Å². The number of imidazole rings is 1.